The Morgan fingerprint density at radius 3 is 1.96 bits per heavy atom. The Morgan fingerprint density at radius 1 is 0.652 bits per heavy atom. The summed E-state index contributed by atoms with van der Waals surface area (Å²) < 4.78 is 28.1. The van der Waals surface area contributed by atoms with E-state index in [2.05, 4.69) is 20.7 Å². The van der Waals surface area contributed by atoms with E-state index in [1.807, 2.05) is 72.8 Å². The molecule has 0 aliphatic heterocycles. The first-order valence-corrected chi connectivity index (χ1v) is 14.5. The summed E-state index contributed by atoms with van der Waals surface area (Å²) >= 11 is 0. The lowest BCUT2D eigenvalue weighted by molar-refractivity contribution is 0.112. The van der Waals surface area contributed by atoms with Gasteiger partial charge in [-0.3, -0.25) is 10.2 Å². The Morgan fingerprint density at radius 2 is 1.28 bits per heavy atom. The molecular formula is C36H34N4O6. The molecule has 0 saturated carbocycles. The Bertz CT molecular complexity index is 1800. The molecular weight excluding hydrogens is 584 g/mol. The van der Waals surface area contributed by atoms with Gasteiger partial charge in [0.15, 0.2) is 28.8 Å². The number of hydrogen-bond acceptors (Lipinski definition) is 10. The summed E-state index contributed by atoms with van der Waals surface area (Å²) in [6.07, 6.45) is 2.99. The average Bonchev–Trinajstić information content (AvgIpc) is 3.11. The highest BCUT2D eigenvalue weighted by Crippen LogP contribution is 2.30. The number of benzene rings is 4. The fourth-order valence-corrected chi connectivity index (χ4v) is 4.70. The molecule has 5 aromatic rings. The SMILES string of the molecule is COc1ccccc1Cc1cc(-c2ccccc2)nnc1N/N=C/c1ccc(OCCOc2ccc(C=O)cc2OC)c(OC)c1. The van der Waals surface area contributed by atoms with Crippen molar-refractivity contribution in [3.63, 3.8) is 0 Å². The highest BCUT2D eigenvalue weighted by atomic mass is 16.5. The fourth-order valence-electron chi connectivity index (χ4n) is 4.70. The molecule has 0 radical (unpaired) electrons. The molecule has 10 heteroatoms. The van der Waals surface area contributed by atoms with Gasteiger partial charge in [0.25, 0.3) is 0 Å². The van der Waals surface area contributed by atoms with E-state index in [0.29, 0.717) is 40.8 Å². The van der Waals surface area contributed by atoms with Crippen molar-refractivity contribution in [3.8, 4) is 40.0 Å². The molecule has 0 fully saturated rings. The van der Waals surface area contributed by atoms with E-state index in [0.717, 1.165) is 40.0 Å². The van der Waals surface area contributed by atoms with Crippen LogP contribution in [0.2, 0.25) is 0 Å². The number of nitrogens with zero attached hydrogens (tertiary/aromatic N) is 3. The van der Waals surface area contributed by atoms with Crippen LogP contribution in [0.15, 0.2) is 102 Å². The number of hydrazone groups is 1. The second-order valence-corrected chi connectivity index (χ2v) is 9.96. The molecule has 0 spiro atoms. The third-order valence-corrected chi connectivity index (χ3v) is 7.01. The summed E-state index contributed by atoms with van der Waals surface area (Å²) in [6.45, 7) is 0.519. The van der Waals surface area contributed by atoms with Crippen molar-refractivity contribution < 1.29 is 28.5 Å². The van der Waals surface area contributed by atoms with Crippen LogP contribution in [0.25, 0.3) is 11.3 Å². The molecule has 0 unspecified atom stereocenters. The van der Waals surface area contributed by atoms with Crippen LogP contribution in [0.4, 0.5) is 5.82 Å². The maximum atomic E-state index is 11.0. The average molecular weight is 619 g/mol. The van der Waals surface area contributed by atoms with E-state index in [1.165, 1.54) is 7.11 Å². The monoisotopic (exact) mass is 618 g/mol. The molecule has 5 rings (SSSR count). The maximum absolute atomic E-state index is 11.0. The number of methoxy groups -OCH3 is 3. The first-order valence-electron chi connectivity index (χ1n) is 14.5. The molecule has 1 N–H and O–H groups in total. The highest BCUT2D eigenvalue weighted by molar-refractivity contribution is 5.81. The third kappa shape index (κ3) is 7.97. The van der Waals surface area contributed by atoms with Crippen molar-refractivity contribution in [2.45, 2.75) is 6.42 Å². The molecule has 10 nitrogen and oxygen atoms in total. The van der Waals surface area contributed by atoms with Crippen LogP contribution in [0.5, 0.6) is 28.7 Å². The normalized spacial score (nSPS) is 10.8. The summed E-state index contributed by atoms with van der Waals surface area (Å²) in [6, 6.07) is 30.3. The Kier molecular flexibility index (Phi) is 10.8. The van der Waals surface area contributed by atoms with E-state index >= 15 is 0 Å². The van der Waals surface area contributed by atoms with Gasteiger partial charge in [0.05, 0.1) is 33.2 Å². The van der Waals surface area contributed by atoms with E-state index in [4.69, 9.17) is 23.7 Å². The zero-order valence-corrected chi connectivity index (χ0v) is 25.8. The van der Waals surface area contributed by atoms with E-state index in [9.17, 15) is 4.79 Å². The Balaban J connectivity index is 1.26. The number of nitrogens with one attached hydrogen (secondary N) is 1. The van der Waals surface area contributed by atoms with Gasteiger partial charge in [0.1, 0.15) is 25.2 Å². The smallest absolute Gasteiger partial charge is 0.172 e. The van der Waals surface area contributed by atoms with Crippen molar-refractivity contribution >= 4 is 18.3 Å². The Labute approximate surface area is 267 Å². The molecule has 0 aliphatic carbocycles. The number of anilines is 1. The van der Waals surface area contributed by atoms with E-state index in [1.54, 1.807) is 44.7 Å². The topological polar surface area (TPSA) is 113 Å². The number of aromatic nitrogens is 2. The van der Waals surface area contributed by atoms with Crippen LogP contribution >= 0.6 is 0 Å². The summed E-state index contributed by atoms with van der Waals surface area (Å²) in [4.78, 5) is 11.0. The molecule has 0 bridgehead atoms. The van der Waals surface area contributed by atoms with Crippen LogP contribution in [0.3, 0.4) is 0 Å². The molecule has 46 heavy (non-hydrogen) atoms. The second-order valence-electron chi connectivity index (χ2n) is 9.96. The van der Waals surface area contributed by atoms with Crippen LogP contribution in [-0.4, -0.2) is 57.2 Å². The largest absolute Gasteiger partial charge is 0.496 e. The van der Waals surface area contributed by atoms with Gasteiger partial charge < -0.3 is 23.7 Å². The molecule has 1 heterocycles. The minimum absolute atomic E-state index is 0.258. The number of rotatable bonds is 15. The van der Waals surface area contributed by atoms with Crippen molar-refractivity contribution in [1.82, 2.24) is 10.2 Å². The van der Waals surface area contributed by atoms with E-state index < -0.39 is 0 Å². The van der Waals surface area contributed by atoms with E-state index in [-0.39, 0.29) is 13.2 Å². The van der Waals surface area contributed by atoms with Crippen molar-refractivity contribution in [1.29, 1.82) is 0 Å². The number of aldehydes is 1. The molecule has 0 saturated heterocycles. The summed E-state index contributed by atoms with van der Waals surface area (Å²) in [5.41, 5.74) is 8.02. The van der Waals surface area contributed by atoms with Gasteiger partial charge in [-0.15, -0.1) is 10.2 Å². The molecule has 234 valence electrons. The van der Waals surface area contributed by atoms with Gasteiger partial charge in [0.2, 0.25) is 0 Å². The molecule has 0 amide bonds. The molecule has 1 aromatic heterocycles. The first-order chi connectivity index (χ1) is 22.6. The highest BCUT2D eigenvalue weighted by Gasteiger charge is 2.13. The van der Waals surface area contributed by atoms with Gasteiger partial charge in [-0.1, -0.05) is 48.5 Å². The molecule has 0 aliphatic rings. The Hall–Kier alpha value is -5.90. The lowest BCUT2D eigenvalue weighted by atomic mass is 10.0. The maximum Gasteiger partial charge on any atom is 0.172 e. The van der Waals surface area contributed by atoms with Crippen molar-refractivity contribution in [2.75, 3.05) is 40.0 Å². The minimum Gasteiger partial charge on any atom is -0.496 e. The number of carbonyl (C=O) groups is 1. The van der Waals surface area contributed by atoms with Crippen LogP contribution in [-0.2, 0) is 6.42 Å². The predicted molar refractivity (Wildman–Crippen MR) is 177 cm³/mol. The number of hydrogen-bond donors (Lipinski definition) is 1. The summed E-state index contributed by atoms with van der Waals surface area (Å²) in [5.74, 6) is 3.43. The summed E-state index contributed by atoms with van der Waals surface area (Å²) in [5, 5.41) is 13.4. The van der Waals surface area contributed by atoms with Crippen LogP contribution in [0, 0.1) is 0 Å². The van der Waals surface area contributed by atoms with Gasteiger partial charge in [-0.25, -0.2) is 0 Å². The standard InChI is InChI=1S/C36H34N4O6/c1-42-31-12-8-7-11-28(31)21-29-22-30(27-9-5-4-6-10-27)38-40-36(29)39-37-23-25-13-15-32(34(19-25)43-2)45-17-18-46-33-16-14-26(24-41)20-35(33)44-3/h4-16,19-20,22-24H,17-18,21H2,1-3H3,(H,39,40)/b37-23+. The third-order valence-electron chi connectivity index (χ3n) is 7.01. The van der Waals surface area contributed by atoms with Crippen LogP contribution in [0.1, 0.15) is 27.0 Å². The fraction of sp³-hybridized carbons (Fsp3) is 0.167. The lowest BCUT2D eigenvalue weighted by Crippen LogP contribution is -2.10. The number of para-hydroxylation sites is 1. The van der Waals surface area contributed by atoms with Gasteiger partial charge in [-0.05, 0) is 59.7 Å². The van der Waals surface area contributed by atoms with Gasteiger partial charge in [-0.2, -0.15) is 5.10 Å². The predicted octanol–water partition coefficient (Wildman–Crippen LogP) is 6.48. The lowest BCUT2D eigenvalue weighted by Gasteiger charge is -2.13. The number of ether oxygens (including phenoxy) is 5. The van der Waals surface area contributed by atoms with Gasteiger partial charge >= 0.3 is 0 Å². The quantitative estimate of drug-likeness (QED) is 0.0610. The summed E-state index contributed by atoms with van der Waals surface area (Å²) in [7, 11) is 4.76. The van der Waals surface area contributed by atoms with Gasteiger partial charge in [0, 0.05) is 23.1 Å². The zero-order chi connectivity index (χ0) is 32.1. The van der Waals surface area contributed by atoms with Crippen LogP contribution < -0.4 is 29.1 Å². The molecule has 4 aromatic carbocycles. The molecule has 0 atom stereocenters. The first kappa shape index (κ1) is 31.5. The minimum atomic E-state index is 0.258. The zero-order valence-electron chi connectivity index (χ0n) is 25.8. The number of carbonyl (C=O) groups excluding carboxylic acids is 1. The second kappa shape index (κ2) is 15.7. The van der Waals surface area contributed by atoms with Crippen molar-refractivity contribution in [2.24, 2.45) is 5.10 Å². The van der Waals surface area contributed by atoms with Crippen molar-refractivity contribution in [3.05, 3.63) is 119 Å².